The van der Waals surface area contributed by atoms with Crippen molar-refractivity contribution < 1.29 is 19.1 Å². The molecule has 5 rings (SSSR count). The summed E-state index contributed by atoms with van der Waals surface area (Å²) in [7, 11) is -1.15. The molecule has 154 valence electrons. The van der Waals surface area contributed by atoms with Crippen LogP contribution in [-0.4, -0.2) is 37.1 Å². The first kappa shape index (κ1) is 20.1. The van der Waals surface area contributed by atoms with Gasteiger partial charge >= 0.3 is 5.97 Å². The van der Waals surface area contributed by atoms with Gasteiger partial charge in [-0.25, -0.2) is 0 Å². The van der Waals surface area contributed by atoms with Gasteiger partial charge in [-0.1, -0.05) is 43.9 Å². The van der Waals surface area contributed by atoms with E-state index in [-0.39, 0.29) is 23.8 Å². The molecule has 2 bridgehead atoms. The minimum Gasteiger partial charge on any atom is -0.457 e. The van der Waals surface area contributed by atoms with Gasteiger partial charge in [-0.05, 0) is 31.5 Å². The van der Waals surface area contributed by atoms with Gasteiger partial charge in [0.2, 0.25) is 0 Å². The van der Waals surface area contributed by atoms with Gasteiger partial charge in [0, 0.05) is 31.6 Å². The minimum atomic E-state index is -1.15. The summed E-state index contributed by atoms with van der Waals surface area (Å²) in [5.74, 6) is -0.969. The molecule has 0 amide bonds. The normalized spacial score (nSPS) is 23.9. The lowest BCUT2D eigenvalue weighted by Gasteiger charge is -2.39. The quantitative estimate of drug-likeness (QED) is 0.383. The van der Waals surface area contributed by atoms with Crippen LogP contribution in [-0.2, 0) is 25.8 Å². The Morgan fingerprint density at radius 3 is 2.72 bits per heavy atom. The van der Waals surface area contributed by atoms with Crippen molar-refractivity contribution in [3.8, 4) is 0 Å². The number of hydrogen-bond acceptors (Lipinski definition) is 4. The van der Waals surface area contributed by atoms with E-state index in [0.29, 0.717) is 13.2 Å². The lowest BCUT2D eigenvalue weighted by molar-refractivity contribution is -0.162. The van der Waals surface area contributed by atoms with Gasteiger partial charge in [0.25, 0.3) is 0 Å². The Hall–Kier alpha value is -2.18. The number of benzene rings is 1. The first-order valence-corrected chi connectivity index (χ1v) is 14.0. The van der Waals surface area contributed by atoms with E-state index in [9.17, 15) is 9.59 Å². The van der Waals surface area contributed by atoms with Gasteiger partial charge in [0.05, 0.1) is 17.1 Å². The van der Waals surface area contributed by atoms with Crippen molar-refractivity contribution in [3.05, 3.63) is 42.1 Å². The number of para-hydroxylation sites is 1. The number of nitrogens with zero attached hydrogens (tertiary/aromatic N) is 1. The van der Waals surface area contributed by atoms with Crippen molar-refractivity contribution in [3.63, 3.8) is 0 Å². The molecule has 2 aromatic rings. The molecular weight excluding hydrogens is 382 g/mol. The zero-order chi connectivity index (χ0) is 20.8. The van der Waals surface area contributed by atoms with Gasteiger partial charge < -0.3 is 14.0 Å². The summed E-state index contributed by atoms with van der Waals surface area (Å²) in [6.45, 7) is 9.80. The van der Waals surface area contributed by atoms with E-state index in [1.807, 2.05) is 18.2 Å². The van der Waals surface area contributed by atoms with Crippen LogP contribution in [0.5, 0.6) is 0 Å². The van der Waals surface area contributed by atoms with Crippen molar-refractivity contribution >= 4 is 36.3 Å². The highest BCUT2D eigenvalue weighted by Crippen LogP contribution is 2.43. The van der Waals surface area contributed by atoms with E-state index in [1.165, 1.54) is 0 Å². The first-order valence-electron chi connectivity index (χ1n) is 10.3. The summed E-state index contributed by atoms with van der Waals surface area (Å²) in [5.41, 5.74) is 3.12. The van der Waals surface area contributed by atoms with Crippen LogP contribution in [0.3, 0.4) is 0 Å². The maximum Gasteiger partial charge on any atom is 0.314 e. The predicted octanol–water partition coefficient (Wildman–Crippen LogP) is 4.49. The summed E-state index contributed by atoms with van der Waals surface area (Å²) in [4.78, 5) is 24.2. The van der Waals surface area contributed by atoms with Crippen LogP contribution < -0.4 is 0 Å². The Morgan fingerprint density at radius 1 is 1.28 bits per heavy atom. The zero-order valence-electron chi connectivity index (χ0n) is 17.6. The topological polar surface area (TPSA) is 57.5 Å². The van der Waals surface area contributed by atoms with Crippen LogP contribution in [0, 0.1) is 11.8 Å². The number of carbonyl (C=O) groups is 2. The molecule has 3 heterocycles. The number of aromatic nitrogens is 1. The Kier molecular flexibility index (Phi) is 5.25. The Bertz CT molecular complexity index is 984. The molecule has 1 fully saturated rings. The van der Waals surface area contributed by atoms with Crippen LogP contribution in [0.25, 0.3) is 16.5 Å². The molecule has 2 unspecified atom stereocenters. The second-order valence-electron chi connectivity index (χ2n) is 9.39. The molecule has 1 saturated heterocycles. The number of rotatable bonds is 7. The third-order valence-corrected chi connectivity index (χ3v) is 7.69. The molecule has 1 aliphatic carbocycles. The number of Topliss-reactive ketones (excluding diaryl/α,β-unsaturated/α-hetero) is 1. The summed E-state index contributed by atoms with van der Waals surface area (Å²) in [5, 5.41) is 1.13. The molecule has 2 aliphatic heterocycles. The van der Waals surface area contributed by atoms with Crippen LogP contribution in [0.1, 0.15) is 19.0 Å². The van der Waals surface area contributed by atoms with E-state index in [1.54, 1.807) is 6.92 Å². The maximum atomic E-state index is 12.3. The van der Waals surface area contributed by atoms with Crippen molar-refractivity contribution in [2.24, 2.45) is 11.8 Å². The van der Waals surface area contributed by atoms with Crippen molar-refractivity contribution in [1.82, 2.24) is 4.57 Å². The molecule has 0 N–H and O–H groups in total. The first-order chi connectivity index (χ1) is 13.7. The largest absolute Gasteiger partial charge is 0.457 e. The van der Waals surface area contributed by atoms with E-state index in [4.69, 9.17) is 9.47 Å². The number of ketones is 1. The van der Waals surface area contributed by atoms with Gasteiger partial charge in [-0.15, -0.1) is 0 Å². The van der Waals surface area contributed by atoms with E-state index in [2.05, 4.69) is 42.4 Å². The molecule has 3 atom stereocenters. The van der Waals surface area contributed by atoms with E-state index >= 15 is 0 Å². The molecule has 0 radical (unpaired) electrons. The fourth-order valence-corrected chi connectivity index (χ4v) is 5.03. The average molecular weight is 412 g/mol. The molecule has 0 spiro atoms. The maximum absolute atomic E-state index is 12.3. The van der Waals surface area contributed by atoms with E-state index in [0.717, 1.165) is 34.8 Å². The van der Waals surface area contributed by atoms with Crippen LogP contribution in [0.15, 0.2) is 36.4 Å². The number of esters is 1. The van der Waals surface area contributed by atoms with Crippen LogP contribution in [0.4, 0.5) is 0 Å². The SMILES string of the molecule is CC(=O)[C@@H]1CC2OC(=O)C1C=C2c1cc2ccccc2n1COCC[Si](C)(C)C. The highest BCUT2D eigenvalue weighted by atomic mass is 28.3. The van der Waals surface area contributed by atoms with Gasteiger partial charge in [-0.2, -0.15) is 0 Å². The molecule has 5 nitrogen and oxygen atoms in total. The summed E-state index contributed by atoms with van der Waals surface area (Å²) in [6, 6.07) is 11.5. The van der Waals surface area contributed by atoms with Crippen molar-refractivity contribution in [1.29, 1.82) is 0 Å². The fourth-order valence-electron chi connectivity index (χ4n) is 4.28. The number of carbonyl (C=O) groups excluding carboxylic acids is 2. The summed E-state index contributed by atoms with van der Waals surface area (Å²) >= 11 is 0. The number of ether oxygens (including phenoxy) is 2. The fraction of sp³-hybridized carbons (Fsp3) is 0.478. The standard InChI is InChI=1S/C23H29NO4Si/c1-15(25)17-13-22-19(12-18(17)23(26)28-22)21-11-16-7-5-6-8-20(16)24(21)14-27-9-10-29(2,3)4/h5-8,11-12,17-18,22H,9-10,13-14H2,1-4H3/t17-,18?,22?/m0/s1. The molecule has 1 aromatic carbocycles. The number of hydrogen-bond donors (Lipinski definition) is 0. The van der Waals surface area contributed by atoms with Gasteiger partial charge in [-0.3, -0.25) is 9.59 Å². The molecule has 1 aromatic heterocycles. The number of fused-ring (bicyclic) bond motifs is 3. The van der Waals surface area contributed by atoms with Gasteiger partial charge in [0.15, 0.2) is 0 Å². The summed E-state index contributed by atoms with van der Waals surface area (Å²) < 4.78 is 13.9. The third kappa shape index (κ3) is 3.96. The zero-order valence-corrected chi connectivity index (χ0v) is 18.6. The highest BCUT2D eigenvalue weighted by Gasteiger charge is 2.46. The smallest absolute Gasteiger partial charge is 0.314 e. The monoisotopic (exact) mass is 411 g/mol. The van der Waals surface area contributed by atoms with Crippen molar-refractivity contribution in [2.45, 2.75) is 51.9 Å². The Labute approximate surface area is 172 Å². The Balaban J connectivity index is 1.67. The highest BCUT2D eigenvalue weighted by molar-refractivity contribution is 6.76. The lowest BCUT2D eigenvalue weighted by Crippen LogP contribution is -2.44. The Morgan fingerprint density at radius 2 is 2.03 bits per heavy atom. The van der Waals surface area contributed by atoms with Crippen molar-refractivity contribution in [2.75, 3.05) is 6.61 Å². The third-order valence-electron chi connectivity index (χ3n) is 5.98. The summed E-state index contributed by atoms with van der Waals surface area (Å²) in [6.07, 6.45) is 2.15. The molecule has 3 aliphatic rings. The van der Waals surface area contributed by atoms with Crippen LogP contribution >= 0.6 is 0 Å². The predicted molar refractivity (Wildman–Crippen MR) is 116 cm³/mol. The molecule has 29 heavy (non-hydrogen) atoms. The second kappa shape index (κ2) is 7.57. The molecule has 6 heteroatoms. The van der Waals surface area contributed by atoms with Gasteiger partial charge in [0.1, 0.15) is 18.6 Å². The lowest BCUT2D eigenvalue weighted by atomic mass is 9.74. The molecular formula is C23H29NO4Si. The molecule has 0 saturated carbocycles. The van der Waals surface area contributed by atoms with E-state index < -0.39 is 14.0 Å². The van der Waals surface area contributed by atoms with Crippen LogP contribution in [0.2, 0.25) is 25.7 Å². The second-order valence-corrected chi connectivity index (χ2v) is 15.0. The minimum absolute atomic E-state index is 0.0576. The average Bonchev–Trinajstić information content (AvgIpc) is 3.02.